The van der Waals surface area contributed by atoms with Crippen LogP contribution in [0.4, 0.5) is 0 Å². The van der Waals surface area contributed by atoms with Gasteiger partial charge in [-0.25, -0.2) is 4.98 Å². The lowest BCUT2D eigenvalue weighted by molar-refractivity contribution is -0.168. The van der Waals surface area contributed by atoms with Crippen LogP contribution in [0, 0.1) is 11.3 Å². The second kappa shape index (κ2) is 10.6. The van der Waals surface area contributed by atoms with Gasteiger partial charge in [0, 0.05) is 25.2 Å². The van der Waals surface area contributed by atoms with Crippen molar-refractivity contribution in [3.8, 4) is 6.07 Å². The summed E-state index contributed by atoms with van der Waals surface area (Å²) in [6, 6.07) is 14.0. The largest absolute Gasteiger partial charge is 0.469 e. The number of hydrogen-bond donors (Lipinski definition) is 0. The van der Waals surface area contributed by atoms with E-state index in [1.54, 1.807) is 42.5 Å². The van der Waals surface area contributed by atoms with Gasteiger partial charge in [-0.05, 0) is 17.7 Å². The van der Waals surface area contributed by atoms with Gasteiger partial charge in [-0.15, -0.1) is 0 Å². The third kappa shape index (κ3) is 5.04. The standard InChI is InChI=1S/C25H24N4O6/c1-28-20(12-18-10-7-11-27-19(18)15-26)23(32)29(16-22(31)35-3)25(24(28)33,14-21(30)34-2)13-17-8-5-4-6-9-17/h4-12H,13-14,16H2,1-3H3/b20-12-. The number of nitrogens with zero attached hydrogens (tertiary/aromatic N) is 4. The Morgan fingerprint density at radius 1 is 1.09 bits per heavy atom. The van der Waals surface area contributed by atoms with Crippen LogP contribution in [0.2, 0.25) is 0 Å². The van der Waals surface area contributed by atoms with E-state index in [4.69, 9.17) is 9.47 Å². The van der Waals surface area contributed by atoms with Gasteiger partial charge in [0.15, 0.2) is 0 Å². The Hall–Kier alpha value is -4.52. The molecule has 2 aromatic rings. The van der Waals surface area contributed by atoms with Gasteiger partial charge in [0.25, 0.3) is 11.8 Å². The van der Waals surface area contributed by atoms with Crippen LogP contribution in [0.1, 0.15) is 23.2 Å². The predicted molar refractivity (Wildman–Crippen MR) is 123 cm³/mol. The fraction of sp³-hybridized carbons (Fsp3) is 0.280. The van der Waals surface area contributed by atoms with Crippen molar-refractivity contribution < 1.29 is 28.7 Å². The summed E-state index contributed by atoms with van der Waals surface area (Å²) < 4.78 is 9.63. The summed E-state index contributed by atoms with van der Waals surface area (Å²) in [5, 5.41) is 9.38. The number of benzene rings is 1. The number of likely N-dealkylation sites (N-methyl/N-ethyl adjacent to an activating group) is 1. The summed E-state index contributed by atoms with van der Waals surface area (Å²) in [4.78, 5) is 58.7. The number of carbonyl (C=O) groups is 4. The van der Waals surface area contributed by atoms with Crippen LogP contribution in [-0.4, -0.2) is 71.9 Å². The van der Waals surface area contributed by atoms with Crippen molar-refractivity contribution in [1.29, 1.82) is 5.26 Å². The number of esters is 2. The maximum Gasteiger partial charge on any atom is 0.325 e. The number of ether oxygens (including phenoxy) is 2. The van der Waals surface area contributed by atoms with Crippen LogP contribution >= 0.6 is 0 Å². The molecule has 180 valence electrons. The van der Waals surface area contributed by atoms with Crippen LogP contribution in [0.25, 0.3) is 6.08 Å². The number of hydrogen-bond acceptors (Lipinski definition) is 8. The smallest absolute Gasteiger partial charge is 0.325 e. The first-order chi connectivity index (χ1) is 16.8. The van der Waals surface area contributed by atoms with Crippen LogP contribution < -0.4 is 0 Å². The van der Waals surface area contributed by atoms with Crippen molar-refractivity contribution in [2.45, 2.75) is 18.4 Å². The number of piperazine rings is 1. The third-order valence-corrected chi connectivity index (χ3v) is 5.80. The Bertz CT molecular complexity index is 1220. The van der Waals surface area contributed by atoms with E-state index in [-0.39, 0.29) is 17.8 Å². The Kier molecular flexibility index (Phi) is 7.61. The highest BCUT2D eigenvalue weighted by Crippen LogP contribution is 2.35. The second-order valence-corrected chi connectivity index (χ2v) is 7.86. The van der Waals surface area contributed by atoms with Crippen molar-refractivity contribution >= 4 is 29.8 Å². The first kappa shape index (κ1) is 25.1. The molecule has 1 unspecified atom stereocenters. The summed E-state index contributed by atoms with van der Waals surface area (Å²) in [6.07, 6.45) is 2.27. The molecule has 0 N–H and O–H groups in total. The highest BCUT2D eigenvalue weighted by Gasteiger charge is 2.55. The Labute approximate surface area is 202 Å². The molecule has 1 aliphatic heterocycles. The molecule has 10 heteroatoms. The minimum absolute atomic E-state index is 0.0432. The zero-order chi connectivity index (χ0) is 25.6. The number of methoxy groups -OCH3 is 2. The van der Waals surface area contributed by atoms with Gasteiger partial charge >= 0.3 is 11.9 Å². The minimum Gasteiger partial charge on any atom is -0.469 e. The molecule has 1 saturated heterocycles. The zero-order valence-electron chi connectivity index (χ0n) is 19.6. The topological polar surface area (TPSA) is 130 Å². The lowest BCUT2D eigenvalue weighted by Gasteiger charge is -2.48. The molecule has 1 atom stereocenters. The molecule has 3 rings (SSSR count). The Balaban J connectivity index is 2.21. The number of carbonyl (C=O) groups excluding carboxylic acids is 4. The summed E-state index contributed by atoms with van der Waals surface area (Å²) in [5.74, 6) is -2.78. The van der Waals surface area contributed by atoms with Crippen LogP contribution in [0.5, 0.6) is 0 Å². The van der Waals surface area contributed by atoms with Gasteiger partial charge in [-0.2, -0.15) is 5.26 Å². The van der Waals surface area contributed by atoms with Gasteiger partial charge in [0.05, 0.1) is 20.6 Å². The SMILES string of the molecule is COC(=O)CN1C(=O)/C(=C/c2cccnc2C#N)N(C)C(=O)C1(CC(=O)OC)Cc1ccccc1. The molecule has 1 aliphatic rings. The number of rotatable bonds is 7. The lowest BCUT2D eigenvalue weighted by atomic mass is 9.81. The quantitative estimate of drug-likeness (QED) is 0.432. The van der Waals surface area contributed by atoms with Crippen molar-refractivity contribution in [3.63, 3.8) is 0 Å². The second-order valence-electron chi connectivity index (χ2n) is 7.86. The Morgan fingerprint density at radius 2 is 1.77 bits per heavy atom. The van der Waals surface area contributed by atoms with E-state index in [1.165, 1.54) is 26.4 Å². The maximum atomic E-state index is 13.9. The highest BCUT2D eigenvalue weighted by molar-refractivity contribution is 6.11. The Morgan fingerprint density at radius 3 is 2.40 bits per heavy atom. The fourth-order valence-electron chi connectivity index (χ4n) is 4.01. The molecule has 0 bridgehead atoms. The molecule has 35 heavy (non-hydrogen) atoms. The molecule has 0 aliphatic carbocycles. The van der Waals surface area contributed by atoms with Crippen molar-refractivity contribution in [2.24, 2.45) is 0 Å². The number of amides is 2. The summed E-state index contributed by atoms with van der Waals surface area (Å²) >= 11 is 0. The van der Waals surface area contributed by atoms with Crippen LogP contribution in [0.3, 0.4) is 0 Å². The number of nitriles is 1. The average molecular weight is 476 g/mol. The predicted octanol–water partition coefficient (Wildman–Crippen LogP) is 1.31. The maximum absolute atomic E-state index is 13.9. The van der Waals surface area contributed by atoms with Crippen molar-refractivity contribution in [2.75, 3.05) is 27.8 Å². The summed E-state index contributed by atoms with van der Waals surface area (Å²) in [7, 11) is 3.75. The van der Waals surface area contributed by atoms with Crippen LogP contribution in [-0.2, 0) is 35.1 Å². The molecule has 1 aromatic carbocycles. The molecule has 0 radical (unpaired) electrons. The normalized spacial score (nSPS) is 18.9. The van der Waals surface area contributed by atoms with E-state index in [9.17, 15) is 24.4 Å². The van der Waals surface area contributed by atoms with Crippen LogP contribution in [0.15, 0.2) is 54.4 Å². The zero-order valence-corrected chi connectivity index (χ0v) is 19.6. The van der Waals surface area contributed by atoms with Gasteiger partial charge in [-0.3, -0.25) is 19.2 Å². The van der Waals surface area contributed by atoms with E-state index < -0.39 is 42.3 Å². The lowest BCUT2D eigenvalue weighted by Crippen LogP contribution is -2.69. The van der Waals surface area contributed by atoms with Crippen molar-refractivity contribution in [3.05, 3.63) is 71.2 Å². The fourth-order valence-corrected chi connectivity index (χ4v) is 4.01. The number of aromatic nitrogens is 1. The molecule has 0 saturated carbocycles. The molecule has 10 nitrogen and oxygen atoms in total. The molecular formula is C25H24N4O6. The van der Waals surface area contributed by atoms with Crippen molar-refractivity contribution in [1.82, 2.24) is 14.8 Å². The summed E-state index contributed by atoms with van der Waals surface area (Å²) in [6.45, 7) is -0.575. The van der Waals surface area contributed by atoms with E-state index in [0.29, 0.717) is 11.1 Å². The molecule has 0 spiro atoms. The molecule has 2 heterocycles. The van der Waals surface area contributed by atoms with E-state index in [0.717, 1.165) is 16.9 Å². The first-order valence-electron chi connectivity index (χ1n) is 10.6. The van der Waals surface area contributed by atoms with Gasteiger partial charge in [-0.1, -0.05) is 36.4 Å². The minimum atomic E-state index is -1.75. The summed E-state index contributed by atoms with van der Waals surface area (Å²) in [5.41, 5.74) is -0.786. The molecule has 1 aromatic heterocycles. The molecule has 1 fully saturated rings. The van der Waals surface area contributed by atoms with E-state index >= 15 is 0 Å². The van der Waals surface area contributed by atoms with E-state index in [1.807, 2.05) is 6.07 Å². The third-order valence-electron chi connectivity index (χ3n) is 5.80. The molecular weight excluding hydrogens is 452 g/mol. The van der Waals surface area contributed by atoms with Gasteiger partial charge in [0.2, 0.25) is 0 Å². The van der Waals surface area contributed by atoms with E-state index in [2.05, 4.69) is 4.98 Å². The number of pyridine rings is 1. The van der Waals surface area contributed by atoms with Gasteiger partial charge < -0.3 is 19.3 Å². The first-order valence-corrected chi connectivity index (χ1v) is 10.6. The highest BCUT2D eigenvalue weighted by atomic mass is 16.5. The van der Waals surface area contributed by atoms with Gasteiger partial charge in [0.1, 0.15) is 29.5 Å². The molecule has 2 amide bonds. The monoisotopic (exact) mass is 476 g/mol. The average Bonchev–Trinajstić information content (AvgIpc) is 2.88.